The molecule has 0 atom stereocenters. The van der Waals surface area contributed by atoms with Crippen LogP contribution < -0.4 is 14.2 Å². The number of hydroxylamine groups is 2. The van der Waals surface area contributed by atoms with Gasteiger partial charge >= 0.3 is 0 Å². The number of ether oxygens (including phenoxy) is 3. The fraction of sp³-hybridized carbons (Fsp3) is 0.556. The summed E-state index contributed by atoms with van der Waals surface area (Å²) in [5.74, 6) is 1.84. The van der Waals surface area contributed by atoms with Crippen molar-refractivity contribution < 1.29 is 19.4 Å². The summed E-state index contributed by atoms with van der Waals surface area (Å²) in [5.41, 5.74) is 1.32. The van der Waals surface area contributed by atoms with Crippen LogP contribution in [0.3, 0.4) is 0 Å². The number of methoxy groups -OCH3 is 3. The molecule has 0 aromatic heterocycles. The summed E-state index contributed by atoms with van der Waals surface area (Å²) in [5, 5.41) is 11.9. The molecule has 0 amide bonds. The Labute approximate surface area is 150 Å². The Balaban J connectivity index is 0.00000288. The van der Waals surface area contributed by atoms with Gasteiger partial charge in [0, 0.05) is 5.54 Å². The van der Waals surface area contributed by atoms with Crippen LogP contribution in [0.4, 0.5) is 0 Å². The second-order valence-corrected chi connectivity index (χ2v) is 7.04. The molecule has 0 aliphatic carbocycles. The number of hydrogen-bond donors (Lipinski definition) is 1. The summed E-state index contributed by atoms with van der Waals surface area (Å²) in [7, 11) is 4.81. The Morgan fingerprint density at radius 3 is 1.83 bits per heavy atom. The van der Waals surface area contributed by atoms with E-state index in [2.05, 4.69) is 6.08 Å². The minimum atomic E-state index is -0.461. The SMILES string of the molecule is COc1cc(C2=CC(C)(C)N(O)C(C)(C)C2)cc(OC)c1OC.Cl. The minimum absolute atomic E-state index is 0. The van der Waals surface area contributed by atoms with Gasteiger partial charge in [0.1, 0.15) is 0 Å². The minimum Gasteiger partial charge on any atom is -0.493 e. The first-order valence-electron chi connectivity index (χ1n) is 7.67. The zero-order valence-electron chi connectivity index (χ0n) is 15.5. The lowest BCUT2D eigenvalue weighted by Crippen LogP contribution is -2.55. The van der Waals surface area contributed by atoms with E-state index in [0.717, 1.165) is 11.1 Å². The van der Waals surface area contributed by atoms with Crippen molar-refractivity contribution >= 4 is 18.0 Å². The van der Waals surface area contributed by atoms with Crippen molar-refractivity contribution in [2.75, 3.05) is 21.3 Å². The van der Waals surface area contributed by atoms with Gasteiger partial charge in [-0.3, -0.25) is 0 Å². The summed E-state index contributed by atoms with van der Waals surface area (Å²) in [4.78, 5) is 0. The monoisotopic (exact) mass is 357 g/mol. The largest absolute Gasteiger partial charge is 0.493 e. The van der Waals surface area contributed by atoms with Crippen molar-refractivity contribution in [2.45, 2.75) is 45.2 Å². The maximum atomic E-state index is 10.4. The molecule has 0 saturated carbocycles. The molecule has 1 aliphatic rings. The summed E-state index contributed by atoms with van der Waals surface area (Å²) < 4.78 is 16.3. The Morgan fingerprint density at radius 2 is 1.46 bits per heavy atom. The lowest BCUT2D eigenvalue weighted by atomic mass is 9.80. The molecule has 1 aliphatic heterocycles. The van der Waals surface area contributed by atoms with Crippen LogP contribution >= 0.6 is 12.4 Å². The lowest BCUT2D eigenvalue weighted by molar-refractivity contribution is -0.211. The Hall–Kier alpha value is -1.43. The van der Waals surface area contributed by atoms with Gasteiger partial charge in [-0.05, 0) is 57.4 Å². The zero-order chi connectivity index (χ0) is 17.4. The maximum Gasteiger partial charge on any atom is 0.203 e. The van der Waals surface area contributed by atoms with Crippen molar-refractivity contribution in [2.24, 2.45) is 0 Å². The van der Waals surface area contributed by atoms with E-state index in [1.54, 1.807) is 21.3 Å². The van der Waals surface area contributed by atoms with Crippen LogP contribution in [0.15, 0.2) is 18.2 Å². The van der Waals surface area contributed by atoms with E-state index in [1.165, 1.54) is 5.06 Å². The predicted molar refractivity (Wildman–Crippen MR) is 97.7 cm³/mol. The van der Waals surface area contributed by atoms with Gasteiger partial charge in [-0.2, -0.15) is 5.06 Å². The van der Waals surface area contributed by atoms with Gasteiger partial charge in [-0.25, -0.2) is 0 Å². The summed E-state index contributed by atoms with van der Waals surface area (Å²) in [6, 6.07) is 3.90. The zero-order valence-corrected chi connectivity index (χ0v) is 16.3. The van der Waals surface area contributed by atoms with Gasteiger partial charge in [0.25, 0.3) is 0 Å². The van der Waals surface area contributed by atoms with Crippen molar-refractivity contribution in [1.29, 1.82) is 0 Å². The first-order chi connectivity index (χ1) is 10.7. The number of rotatable bonds is 4. The molecule has 1 aromatic carbocycles. The predicted octanol–water partition coefficient (Wildman–Crippen LogP) is 4.17. The van der Waals surface area contributed by atoms with E-state index >= 15 is 0 Å². The summed E-state index contributed by atoms with van der Waals surface area (Å²) >= 11 is 0. The smallest absolute Gasteiger partial charge is 0.203 e. The Bertz CT molecular complexity index is 600. The molecular weight excluding hydrogens is 330 g/mol. The number of nitrogens with zero attached hydrogens (tertiary/aromatic N) is 1. The van der Waals surface area contributed by atoms with Crippen LogP contribution in [0.2, 0.25) is 0 Å². The molecule has 0 saturated heterocycles. The standard InChI is InChI=1S/C18H27NO4.ClH/c1-17(2)10-13(11-18(3,4)19(17)20)12-8-14(21-5)16(23-7)15(9-12)22-6;/h8-10,20H,11H2,1-7H3;1H. The fourth-order valence-corrected chi connectivity index (χ4v) is 3.31. The van der Waals surface area contributed by atoms with Crippen LogP contribution in [-0.2, 0) is 0 Å². The molecule has 0 spiro atoms. The molecule has 5 nitrogen and oxygen atoms in total. The van der Waals surface area contributed by atoms with E-state index in [9.17, 15) is 5.21 Å². The highest BCUT2D eigenvalue weighted by Crippen LogP contribution is 2.44. The van der Waals surface area contributed by atoms with Crippen LogP contribution in [0.5, 0.6) is 17.2 Å². The number of benzene rings is 1. The highest BCUT2D eigenvalue weighted by atomic mass is 35.5. The summed E-state index contributed by atoms with van der Waals surface area (Å²) in [6.07, 6.45) is 2.80. The first-order valence-corrected chi connectivity index (χ1v) is 7.67. The third-order valence-electron chi connectivity index (χ3n) is 4.31. The third kappa shape index (κ3) is 3.63. The Morgan fingerprint density at radius 1 is 0.958 bits per heavy atom. The van der Waals surface area contributed by atoms with Crippen molar-refractivity contribution in [3.63, 3.8) is 0 Å². The van der Waals surface area contributed by atoms with E-state index in [-0.39, 0.29) is 17.9 Å². The lowest BCUT2D eigenvalue weighted by Gasteiger charge is -2.47. The maximum absolute atomic E-state index is 10.4. The average Bonchev–Trinajstić information content (AvgIpc) is 2.50. The van der Waals surface area contributed by atoms with Gasteiger partial charge in [0.05, 0.1) is 26.9 Å². The van der Waals surface area contributed by atoms with Crippen molar-refractivity contribution in [1.82, 2.24) is 5.06 Å². The molecule has 1 N–H and O–H groups in total. The first kappa shape index (κ1) is 20.6. The molecule has 0 unspecified atom stereocenters. The van der Waals surface area contributed by atoms with Crippen LogP contribution in [0, 0.1) is 0 Å². The second-order valence-electron chi connectivity index (χ2n) is 7.04. The van der Waals surface area contributed by atoms with Crippen LogP contribution in [0.1, 0.15) is 39.7 Å². The second kappa shape index (κ2) is 7.21. The van der Waals surface area contributed by atoms with Gasteiger partial charge in [-0.15, -0.1) is 12.4 Å². The van der Waals surface area contributed by atoms with Crippen LogP contribution in [-0.4, -0.2) is 42.7 Å². The molecule has 24 heavy (non-hydrogen) atoms. The molecule has 136 valence electrons. The van der Waals surface area contributed by atoms with Crippen molar-refractivity contribution in [3.8, 4) is 17.2 Å². The topological polar surface area (TPSA) is 51.2 Å². The molecule has 0 fully saturated rings. The molecule has 0 bridgehead atoms. The van der Waals surface area contributed by atoms with Gasteiger partial charge in [0.2, 0.25) is 5.75 Å². The molecular formula is C18H28ClNO4. The third-order valence-corrected chi connectivity index (χ3v) is 4.31. The molecule has 1 heterocycles. The Kier molecular flexibility index (Phi) is 6.20. The number of halogens is 1. The van der Waals surface area contributed by atoms with Crippen molar-refractivity contribution in [3.05, 3.63) is 23.8 Å². The van der Waals surface area contributed by atoms with E-state index in [1.807, 2.05) is 39.8 Å². The van der Waals surface area contributed by atoms with Crippen LogP contribution in [0.25, 0.3) is 5.57 Å². The van der Waals surface area contributed by atoms with E-state index < -0.39 is 5.54 Å². The number of hydrogen-bond acceptors (Lipinski definition) is 5. The summed E-state index contributed by atoms with van der Waals surface area (Å²) in [6.45, 7) is 8.04. The van der Waals surface area contributed by atoms with Gasteiger partial charge in [-0.1, -0.05) is 6.08 Å². The fourth-order valence-electron chi connectivity index (χ4n) is 3.31. The normalized spacial score (nSPS) is 19.1. The highest BCUT2D eigenvalue weighted by Gasteiger charge is 2.41. The van der Waals surface area contributed by atoms with E-state index in [0.29, 0.717) is 23.7 Å². The van der Waals surface area contributed by atoms with E-state index in [4.69, 9.17) is 14.2 Å². The molecule has 2 rings (SSSR count). The highest BCUT2D eigenvalue weighted by molar-refractivity contribution is 5.85. The quantitative estimate of drug-likeness (QED) is 0.876. The average molecular weight is 358 g/mol. The molecule has 1 aromatic rings. The van der Waals surface area contributed by atoms with Gasteiger partial charge < -0.3 is 19.4 Å². The molecule has 0 radical (unpaired) electrons. The van der Waals surface area contributed by atoms with Gasteiger partial charge in [0.15, 0.2) is 11.5 Å². The molecule has 6 heteroatoms.